The monoisotopic (exact) mass is 2200 g/mol. The van der Waals surface area contributed by atoms with E-state index in [9.17, 15) is 8.42 Å². The van der Waals surface area contributed by atoms with Crippen molar-refractivity contribution < 1.29 is 27.0 Å². The van der Waals surface area contributed by atoms with Crippen LogP contribution in [0.1, 0.15) is 210 Å². The van der Waals surface area contributed by atoms with Gasteiger partial charge in [-0.3, -0.25) is 13.2 Å². The SMILES string of the molecule is CC1(C)OB(c2cccc(N)c2Cl)OC1(C)C.CC1(C)OB(c2cccc(N)c2Cl)OC1(C)C.Cc1nc(N2CCC3(CCC[C@H]3N)CC2)n2ccnc2c1-c1cccc(N)c1Cl.Cc1nc(N2CCC3(CCC[C@H]3N[S@](=O)C(C)(C)C)CC2)n2ccnc2c1-c1cccc(N)c1Cl.Cc1nc(N2CCC3(CCC[C@H]3N[S@](=O)C(C)(C)C)CC2)n2ccnc2c1Br.Cl.N/N=N/N.Nc1cccc(Br)c1Cl. The summed E-state index contributed by atoms with van der Waals surface area (Å²) < 4.78 is 63.7. The van der Waals surface area contributed by atoms with Gasteiger partial charge in [-0.1, -0.05) is 142 Å². The number of nitrogens with two attached hydrogens (primary N) is 8. The number of aryl methyl sites for hydroxylation is 3. The lowest BCUT2D eigenvalue weighted by molar-refractivity contribution is 0.00578. The van der Waals surface area contributed by atoms with Gasteiger partial charge in [0.2, 0.25) is 17.8 Å². The highest BCUT2D eigenvalue weighted by molar-refractivity contribution is 9.11. The molecule has 5 aliphatic heterocycles. The number of nitrogen functional groups attached to an aromatic ring is 5. The Morgan fingerprint density at radius 3 is 1.06 bits per heavy atom. The van der Waals surface area contributed by atoms with Crippen molar-refractivity contribution >= 4 is 213 Å². The highest BCUT2D eigenvalue weighted by Gasteiger charge is 2.55. The van der Waals surface area contributed by atoms with E-state index >= 15 is 0 Å². The maximum Gasteiger partial charge on any atom is 0.496 e. The van der Waals surface area contributed by atoms with E-state index in [2.05, 4.69) is 106 Å². The van der Waals surface area contributed by atoms with Crippen LogP contribution in [0.4, 0.5) is 46.3 Å². The lowest BCUT2D eigenvalue weighted by Crippen LogP contribution is -2.51. The molecule has 0 unspecified atom stereocenters. The van der Waals surface area contributed by atoms with E-state index in [-0.39, 0.29) is 55.1 Å². The minimum atomic E-state index is -1.05. The molecule has 5 aromatic carbocycles. The zero-order chi connectivity index (χ0) is 101. The Labute approximate surface area is 877 Å². The third-order valence-electron chi connectivity index (χ3n) is 29.4. The minimum Gasteiger partial charge on any atom is -0.399 e. The molecule has 0 bridgehead atoms. The molecule has 5 atom stereocenters. The van der Waals surface area contributed by atoms with Crippen LogP contribution >= 0.6 is 102 Å². The number of piperidine rings is 3. The fraction of sp³-hybridized carbons (Fsp3) is 0.510. The van der Waals surface area contributed by atoms with Gasteiger partial charge < -0.3 is 79.4 Å². The van der Waals surface area contributed by atoms with Crippen LogP contribution in [0.3, 0.4) is 0 Å². The first-order valence-electron chi connectivity index (χ1n) is 47.3. The second-order valence-corrected chi connectivity index (χ2v) is 48.9. The number of hydrogen-bond donors (Lipinski definition) is 10. The summed E-state index contributed by atoms with van der Waals surface area (Å²) in [5, 5.41) is 7.95. The van der Waals surface area contributed by atoms with Crippen molar-refractivity contribution in [3.8, 4) is 22.3 Å². The van der Waals surface area contributed by atoms with Gasteiger partial charge in [0, 0.05) is 144 Å². The van der Waals surface area contributed by atoms with Crippen LogP contribution in [0.5, 0.6) is 0 Å². The molecular weight excluding hydrogens is 2070 g/mol. The molecule has 0 radical (unpaired) electrons. The average Bonchev–Trinajstić information content (AvgIpc) is 1.40. The van der Waals surface area contributed by atoms with Gasteiger partial charge >= 0.3 is 14.2 Å². The molecule has 30 nitrogen and oxygen atoms in total. The van der Waals surface area contributed by atoms with E-state index in [1.165, 1.54) is 44.9 Å². The fourth-order valence-electron chi connectivity index (χ4n) is 19.6. The number of aromatic nitrogens is 9. The Balaban J connectivity index is 0.000000154. The van der Waals surface area contributed by atoms with Gasteiger partial charge in [-0.2, -0.15) is 0 Å². The first-order chi connectivity index (χ1) is 65.4. The first-order valence-corrected chi connectivity index (χ1v) is 53.1. The van der Waals surface area contributed by atoms with Crippen molar-refractivity contribution in [2.75, 3.05) is 82.6 Å². The zero-order valence-electron chi connectivity index (χ0n) is 83.1. The van der Waals surface area contributed by atoms with Crippen molar-refractivity contribution in [1.29, 1.82) is 0 Å². The fourth-order valence-corrected chi connectivity index (χ4v) is 23.3. The molecule has 0 amide bonds. The normalized spacial score (nSPS) is 20.6. The molecule has 3 aliphatic carbocycles. The quantitative estimate of drug-likeness (QED) is 0.0189. The molecule has 8 aliphatic rings. The van der Waals surface area contributed by atoms with Crippen LogP contribution in [0.2, 0.25) is 25.1 Å². The Bertz CT molecular complexity index is 6140. The molecule has 8 fully saturated rings. The minimum absolute atomic E-state index is 0. The van der Waals surface area contributed by atoms with Crippen molar-refractivity contribution in [1.82, 2.24) is 52.6 Å². The molecular formula is C98H136B2Br2Cl6N24O6S2. The van der Waals surface area contributed by atoms with E-state index in [0.717, 1.165) is 185 Å². The Morgan fingerprint density at radius 1 is 0.429 bits per heavy atom. The summed E-state index contributed by atoms with van der Waals surface area (Å²) >= 11 is 38.0. The van der Waals surface area contributed by atoms with E-state index in [1.54, 1.807) is 24.3 Å². The standard InChI is InChI=1S/C26H35ClN6OS.C22H27ClN6.C20H30BrN5OS.2C12H17BClNO2.C6H5BrClN.ClH.H4N4/c1-17-21(18-7-5-8-19(28)22(18)27)23-29-13-16-33(23)24(30-17)32-14-11-26(12-15-32)10-6-9-20(26)31-35(34)25(2,3)4;1-14-18(15-4-2-5-16(24)19(15)23)20-26-10-13-29(20)21(27-14)28-11-8-22(9-12-28)7-3-6-17(22)25;1-14-16(21)17-22-10-13-26(17)18(23-14)25-11-8-20(9-12-25)7-5-6-15(20)24-28(27)19(2,3)4;2*1-11(2)12(3,4)17-13(16-11)8-6-5-7-9(15)10(8)14;7-4-2-1-3-5(9)6(4)8;;1-3-4-2/h5,7-8,13,16,20,31H,6,9-12,14-15,28H2,1-4H3;2,4-5,10,13,17H,3,6-9,11-12,24-25H2,1H3;10,13,15,24H,5-9,11-12H2,1-4H3;2*5-7H,15H2,1-4H3;1-3H,9H2;1H;(H2,1,4)(H2,2,3)/t20-,35-;17-;15-,28-;;;;;/m111...../s1. The van der Waals surface area contributed by atoms with Crippen LogP contribution in [-0.2, 0) is 40.6 Å². The van der Waals surface area contributed by atoms with Crippen LogP contribution in [0.25, 0.3) is 39.2 Å². The third-order valence-corrected chi connectivity index (χ3v) is 36.5. The number of nitrogens with zero attached hydrogens (tertiary/aromatic N) is 14. The summed E-state index contributed by atoms with van der Waals surface area (Å²) in [6, 6.07) is 28.8. The van der Waals surface area contributed by atoms with Gasteiger partial charge in [0.05, 0.1) is 118 Å². The lowest BCUT2D eigenvalue weighted by Gasteiger charge is -2.44. The second kappa shape index (κ2) is 45.2. The van der Waals surface area contributed by atoms with Crippen molar-refractivity contribution in [2.24, 2.45) is 44.1 Å². The number of nitrogens with one attached hydrogen (secondary N) is 2. The highest BCUT2D eigenvalue weighted by Crippen LogP contribution is 2.52. The maximum absolute atomic E-state index is 12.8. The van der Waals surface area contributed by atoms with E-state index in [0.29, 0.717) is 77.1 Å². The van der Waals surface area contributed by atoms with E-state index in [1.807, 2.05) is 222 Å². The summed E-state index contributed by atoms with van der Waals surface area (Å²) in [7, 11) is -2.98. The predicted octanol–water partition coefficient (Wildman–Crippen LogP) is 19.9. The summed E-state index contributed by atoms with van der Waals surface area (Å²) in [5.41, 5.74) is 48.2. The molecule has 758 valence electrons. The molecule has 42 heteroatoms. The van der Waals surface area contributed by atoms with Gasteiger partial charge in [-0.25, -0.2) is 47.8 Å². The topological polar surface area (TPSA) is 428 Å². The van der Waals surface area contributed by atoms with Gasteiger partial charge in [-0.05, 0) is 279 Å². The summed E-state index contributed by atoms with van der Waals surface area (Å²) in [4.78, 5) is 35.8. The van der Waals surface area contributed by atoms with Gasteiger partial charge in [0.1, 0.15) is 11.3 Å². The average molecular weight is 2200 g/mol. The molecule has 5 saturated heterocycles. The van der Waals surface area contributed by atoms with Crippen molar-refractivity contribution in [2.45, 2.75) is 264 Å². The van der Waals surface area contributed by atoms with E-state index < -0.39 is 36.2 Å². The number of hydrogen-bond acceptors (Lipinski definition) is 23. The smallest absolute Gasteiger partial charge is 0.399 e. The van der Waals surface area contributed by atoms with Crippen LogP contribution in [0, 0.1) is 37.0 Å². The van der Waals surface area contributed by atoms with Crippen LogP contribution in [0.15, 0.2) is 148 Å². The number of anilines is 8. The lowest BCUT2D eigenvalue weighted by atomic mass is 9.74. The second-order valence-electron chi connectivity index (χ2n) is 41.3. The largest absolute Gasteiger partial charge is 0.496 e. The Hall–Kier alpha value is -7.59. The van der Waals surface area contributed by atoms with Crippen molar-refractivity contribution in [3.05, 3.63) is 179 Å². The van der Waals surface area contributed by atoms with Gasteiger partial charge in [-0.15, -0.1) is 12.4 Å². The summed E-state index contributed by atoms with van der Waals surface area (Å²) in [6.45, 7) is 40.1. The van der Waals surface area contributed by atoms with Crippen LogP contribution < -0.4 is 81.2 Å². The van der Waals surface area contributed by atoms with Crippen molar-refractivity contribution in [3.63, 3.8) is 0 Å². The number of fused-ring (bicyclic) bond motifs is 3. The van der Waals surface area contributed by atoms with Gasteiger partial charge in [0.15, 0.2) is 5.65 Å². The molecule has 6 aromatic heterocycles. The number of imidazole rings is 3. The highest BCUT2D eigenvalue weighted by atomic mass is 79.9. The first kappa shape index (κ1) is 111. The molecule has 3 saturated carbocycles. The number of rotatable bonds is 11. The Morgan fingerprint density at radius 2 is 0.729 bits per heavy atom. The number of halogens is 8. The summed E-state index contributed by atoms with van der Waals surface area (Å²) in [6.07, 6.45) is 28.8. The summed E-state index contributed by atoms with van der Waals surface area (Å²) in [5.74, 6) is 11.6. The zero-order valence-corrected chi connectivity index (χ0v) is 92.5. The Kier molecular flexibility index (Phi) is 35.9. The molecule has 19 rings (SSSR count). The molecule has 3 spiro atoms. The molecule has 18 N–H and O–H groups in total. The van der Waals surface area contributed by atoms with E-state index in [4.69, 9.17) is 126 Å². The van der Waals surface area contributed by atoms with Gasteiger partial charge in [0.25, 0.3) is 0 Å². The third kappa shape index (κ3) is 23.9. The van der Waals surface area contributed by atoms with Crippen LogP contribution in [-0.4, -0.2) is 155 Å². The molecule has 11 heterocycles. The molecule has 11 aromatic rings. The molecule has 140 heavy (non-hydrogen) atoms. The maximum atomic E-state index is 12.8. The predicted molar refractivity (Wildman–Crippen MR) is 589 cm³/mol. The number of benzene rings is 5.